The van der Waals surface area contributed by atoms with Gasteiger partial charge in [-0.3, -0.25) is 0 Å². The number of aliphatic hydroxyl groups is 5. The minimum Gasteiger partial charge on any atom is -0.393 e. The van der Waals surface area contributed by atoms with Crippen molar-refractivity contribution in [2.24, 2.45) is 28.6 Å². The van der Waals surface area contributed by atoms with E-state index >= 15 is 0 Å². The zero-order chi connectivity index (χ0) is 60.7. The molecule has 11 aliphatic rings. The molecule has 23 nitrogen and oxygen atoms in total. The highest BCUT2D eigenvalue weighted by Crippen LogP contribution is 2.68. The Morgan fingerprint density at radius 2 is 1.18 bits per heavy atom. The van der Waals surface area contributed by atoms with Gasteiger partial charge in [-0.1, -0.05) is 25.5 Å². The fourth-order valence-electron chi connectivity index (χ4n) is 17.6. The van der Waals surface area contributed by atoms with Crippen LogP contribution in [0.25, 0.3) is 0 Å². The summed E-state index contributed by atoms with van der Waals surface area (Å²) in [6.07, 6.45) is -6.71. The van der Waals surface area contributed by atoms with Crippen molar-refractivity contribution in [1.82, 2.24) is 0 Å². The number of allylic oxidation sites excluding steroid dienone is 1. The molecule has 7 heterocycles. The molecular formula is C62H102O23. The Kier molecular flexibility index (Phi) is 20.0. The molecule has 0 aromatic carbocycles. The van der Waals surface area contributed by atoms with Crippen molar-refractivity contribution in [3.05, 3.63) is 11.6 Å². The zero-order valence-corrected chi connectivity index (χ0v) is 52.3. The van der Waals surface area contributed by atoms with E-state index < -0.39 is 165 Å². The number of fused-ring (bicyclic) bond motifs is 6. The molecule has 7 saturated heterocycles. The smallest absolute Gasteiger partial charge is 0.288 e. The van der Waals surface area contributed by atoms with Gasteiger partial charge < -0.3 is 111 Å². The van der Waals surface area contributed by atoms with E-state index in [2.05, 4.69) is 19.9 Å². The first-order valence-electron chi connectivity index (χ1n) is 31.9. The Balaban J connectivity index is 0.646. The van der Waals surface area contributed by atoms with Crippen molar-refractivity contribution in [3.63, 3.8) is 0 Å². The average Bonchev–Trinajstić information content (AvgIpc) is 2.28. The van der Waals surface area contributed by atoms with Crippen LogP contribution < -0.4 is 0 Å². The highest BCUT2D eigenvalue weighted by atomic mass is 16.9. The van der Waals surface area contributed by atoms with Crippen LogP contribution in [0.1, 0.15) is 146 Å². The molecule has 23 heteroatoms. The quantitative estimate of drug-likeness (QED) is 0.140. The van der Waals surface area contributed by atoms with Crippen molar-refractivity contribution in [1.29, 1.82) is 0 Å². The summed E-state index contributed by atoms with van der Waals surface area (Å²) in [5, 5.41) is 56.4. The standard InChI is InChI=1S/C62H102O23/c1-29-50(65)57(71-13)51(66)58(78-29)83-54-32(4)76-49(25-43(54)69-11)82-53-31(3)75-48(24-42(53)68-10)80-52-30(2)74-46(23-41(52)64)81-55-34(6)84-62(27-45(55)70-12)73-28-72-44-26-47(77-33(5)56(44)85-62)79-35(7)61(67)21-18-40-38-15-14-36-22-37(63)16-19-59(36,8)39(38)17-20-60(40,61)9/h14,29-35,37-58,63-67H,15-28H2,1-13H3/t29-,30-,31-,32-,33-,34-,35+,37+,38-,39+,40+,41+,42+,43+,44-,45-,46+,47+,48+,49+,50+,51-,52-,53-,54-,55-,56-,57+,58+,59+,60+,61+,62-/m1/s1. The summed E-state index contributed by atoms with van der Waals surface area (Å²) in [5.41, 5.74) is 0.227. The Morgan fingerprint density at radius 3 is 1.82 bits per heavy atom. The average molecular weight is 1220 g/mol. The fourth-order valence-corrected chi connectivity index (χ4v) is 17.6. The van der Waals surface area contributed by atoms with Crippen LogP contribution in [0.15, 0.2) is 11.6 Å². The maximum Gasteiger partial charge on any atom is 0.288 e. The molecule has 0 amide bonds. The Bertz CT molecular complexity index is 2240. The van der Waals surface area contributed by atoms with Gasteiger partial charge in [0.2, 0.25) is 0 Å². The molecule has 0 radical (unpaired) electrons. The van der Waals surface area contributed by atoms with Crippen LogP contribution in [0.2, 0.25) is 0 Å². The Morgan fingerprint density at radius 1 is 0.576 bits per heavy atom. The number of hydrogen-bond donors (Lipinski definition) is 5. The molecule has 3 saturated carbocycles. The second kappa shape index (κ2) is 26.1. The van der Waals surface area contributed by atoms with Crippen molar-refractivity contribution < 1.29 is 111 Å². The third-order valence-electron chi connectivity index (χ3n) is 22.5. The van der Waals surface area contributed by atoms with Gasteiger partial charge in [-0.15, -0.1) is 0 Å². The summed E-state index contributed by atoms with van der Waals surface area (Å²) in [5.74, 6) is -0.109. The first kappa shape index (κ1) is 65.3. The summed E-state index contributed by atoms with van der Waals surface area (Å²) >= 11 is 0. The zero-order valence-electron chi connectivity index (χ0n) is 52.3. The molecule has 488 valence electrons. The summed E-state index contributed by atoms with van der Waals surface area (Å²) in [6, 6.07) is 0. The van der Waals surface area contributed by atoms with Gasteiger partial charge in [0.25, 0.3) is 5.97 Å². The lowest BCUT2D eigenvalue weighted by Gasteiger charge is -2.59. The molecule has 10 fully saturated rings. The van der Waals surface area contributed by atoms with Crippen molar-refractivity contribution in [2.45, 2.75) is 317 Å². The lowest BCUT2D eigenvalue weighted by Crippen LogP contribution is -2.62. The molecule has 0 bridgehead atoms. The van der Waals surface area contributed by atoms with E-state index in [4.69, 9.17) is 85.3 Å². The van der Waals surface area contributed by atoms with Crippen LogP contribution in [0.5, 0.6) is 0 Å². The van der Waals surface area contributed by atoms with E-state index in [1.165, 1.54) is 12.7 Å². The second-order valence-electron chi connectivity index (χ2n) is 27.3. The predicted molar refractivity (Wildman–Crippen MR) is 298 cm³/mol. The van der Waals surface area contributed by atoms with E-state index in [0.717, 1.165) is 44.9 Å². The SMILES string of the molecule is CO[C@H]1[C@@H](O)[C@@H](C)O[C@@H](O[C@H]2[C@@H](OC)C[C@H](O[C@H]3[C@@H](OC)C[C@H](O[C@H]4[C@@H](O)C[C@H](O[C@@H]5[C@@H](C)O[C@@]6(C[C@H]5OC)OCO[C@@H]5C[C@H](O[C@@H](C)[C@@]7(O)CC[C@H]8[C@@H]9CC=C%10C[C@@H](O)CC[C@]%10(C)[C@H]9CC[C@@]87C)O[C@H](C)[C@H]5O6)O[C@@H]4C)O[C@@H]3C)O[C@@H]2C)[C@@H]1O. The van der Waals surface area contributed by atoms with E-state index in [1.54, 1.807) is 28.3 Å². The molecule has 85 heavy (non-hydrogen) atoms. The van der Waals surface area contributed by atoms with Crippen molar-refractivity contribution in [2.75, 3.05) is 35.2 Å². The first-order chi connectivity index (χ1) is 40.4. The third kappa shape index (κ3) is 12.4. The van der Waals surface area contributed by atoms with Gasteiger partial charge in [-0.2, -0.15) is 0 Å². The van der Waals surface area contributed by atoms with Crippen molar-refractivity contribution in [3.8, 4) is 0 Å². The topological polar surface area (TPSA) is 267 Å². The predicted octanol–water partition coefficient (Wildman–Crippen LogP) is 4.63. The van der Waals surface area contributed by atoms with Gasteiger partial charge in [0.05, 0.1) is 91.4 Å². The molecule has 1 spiro atoms. The van der Waals surface area contributed by atoms with E-state index in [-0.39, 0.29) is 49.4 Å². The molecule has 0 aromatic rings. The monoisotopic (exact) mass is 1210 g/mol. The van der Waals surface area contributed by atoms with Gasteiger partial charge in [0.15, 0.2) is 38.2 Å². The highest BCUT2D eigenvalue weighted by molar-refractivity contribution is 5.26. The van der Waals surface area contributed by atoms with Gasteiger partial charge in [-0.05, 0) is 123 Å². The molecule has 4 aliphatic carbocycles. The first-order valence-corrected chi connectivity index (χ1v) is 31.9. The van der Waals surface area contributed by atoms with Crippen LogP contribution in [0.3, 0.4) is 0 Å². The molecular weight excluding hydrogens is 1110 g/mol. The van der Waals surface area contributed by atoms with Gasteiger partial charge in [0.1, 0.15) is 48.8 Å². The Hall–Kier alpha value is -1.18. The minimum atomic E-state index is -1.55. The number of hydrogen-bond acceptors (Lipinski definition) is 23. The molecule has 0 unspecified atom stereocenters. The Labute approximate surface area is 501 Å². The van der Waals surface area contributed by atoms with E-state index in [1.807, 2.05) is 41.5 Å². The lowest BCUT2D eigenvalue weighted by molar-refractivity contribution is -0.447. The molecule has 33 atom stereocenters. The van der Waals surface area contributed by atoms with Gasteiger partial charge in [-0.25, -0.2) is 0 Å². The van der Waals surface area contributed by atoms with Crippen LogP contribution in [0, 0.1) is 28.6 Å². The second-order valence-corrected chi connectivity index (χ2v) is 27.3. The summed E-state index contributed by atoms with van der Waals surface area (Å²) < 4.78 is 114. The maximum absolute atomic E-state index is 12.8. The third-order valence-corrected chi connectivity index (χ3v) is 22.5. The lowest BCUT2D eigenvalue weighted by atomic mass is 9.46. The van der Waals surface area contributed by atoms with Crippen LogP contribution in [0.4, 0.5) is 0 Å². The van der Waals surface area contributed by atoms with Crippen LogP contribution in [-0.2, 0) is 85.3 Å². The van der Waals surface area contributed by atoms with Crippen LogP contribution >= 0.6 is 0 Å². The maximum atomic E-state index is 12.8. The summed E-state index contributed by atoms with van der Waals surface area (Å²) in [6.45, 7) is 17.6. The minimum absolute atomic E-state index is 0.0909. The van der Waals surface area contributed by atoms with E-state index in [0.29, 0.717) is 30.6 Å². The molecule has 5 N–H and O–H groups in total. The molecule has 7 aliphatic heterocycles. The fraction of sp³-hybridized carbons (Fsp3) is 0.968. The number of rotatable bonds is 15. The summed E-state index contributed by atoms with van der Waals surface area (Å²) in [7, 11) is 6.18. The number of aliphatic hydroxyl groups excluding tert-OH is 4. The van der Waals surface area contributed by atoms with E-state index in [9.17, 15) is 25.5 Å². The molecule has 11 rings (SSSR count). The normalized spacial score (nSPS) is 54.3. The molecule has 0 aromatic heterocycles. The highest BCUT2D eigenvalue weighted by Gasteiger charge is 2.66. The van der Waals surface area contributed by atoms with Crippen LogP contribution in [-0.4, -0.2) is 232 Å². The van der Waals surface area contributed by atoms with Crippen molar-refractivity contribution >= 4 is 0 Å². The van der Waals surface area contributed by atoms with Gasteiger partial charge in [0, 0.05) is 59.5 Å². The van der Waals surface area contributed by atoms with Gasteiger partial charge >= 0.3 is 0 Å². The largest absolute Gasteiger partial charge is 0.393 e. The number of ether oxygens (including phenoxy) is 18. The summed E-state index contributed by atoms with van der Waals surface area (Å²) in [4.78, 5) is 0. The number of methoxy groups -OCH3 is 4.